The minimum absolute atomic E-state index is 0.0165. The van der Waals surface area contributed by atoms with Crippen molar-refractivity contribution in [3.8, 4) is 0 Å². The number of carbonyl (C=O) groups excluding carboxylic acids is 3. The van der Waals surface area contributed by atoms with Crippen LogP contribution in [0.15, 0.2) is 11.5 Å². The third kappa shape index (κ3) is 3.38. The summed E-state index contributed by atoms with van der Waals surface area (Å²) in [6, 6.07) is 0. The summed E-state index contributed by atoms with van der Waals surface area (Å²) >= 11 is 0. The van der Waals surface area contributed by atoms with Crippen LogP contribution in [-0.4, -0.2) is 54.4 Å². The maximum atomic E-state index is 12.7. The van der Waals surface area contributed by atoms with Gasteiger partial charge in [0.2, 0.25) is 11.5 Å². The number of allylic oxidation sites excluding steroid dienone is 1. The molecule has 3 aliphatic heterocycles. The summed E-state index contributed by atoms with van der Waals surface area (Å²) in [5.74, 6) is -3.36. The van der Waals surface area contributed by atoms with Gasteiger partial charge < -0.3 is 24.1 Å². The second-order valence-electron chi connectivity index (χ2n) is 8.46. The average Bonchev–Trinajstić information content (AvgIpc) is 3.04. The Morgan fingerprint density at radius 3 is 2.64 bits per heavy atom. The maximum absolute atomic E-state index is 12.7. The van der Waals surface area contributed by atoms with Crippen molar-refractivity contribution in [2.24, 2.45) is 23.7 Å². The number of methoxy groups -OCH3 is 1. The number of hydrogen-bond donors (Lipinski definition) is 1. The summed E-state index contributed by atoms with van der Waals surface area (Å²) in [5.41, 5.74) is -1.37. The SMILES string of the molecule is COCC1C(=O)O[C@@H]2C[C@H](C)C3=C(O)C(=O)[C@@](C)(C[C@@H](OC(=O)C(C)C)C12)O3. The summed E-state index contributed by atoms with van der Waals surface area (Å²) < 4.78 is 22.5. The van der Waals surface area contributed by atoms with Crippen molar-refractivity contribution in [3.05, 3.63) is 11.5 Å². The van der Waals surface area contributed by atoms with Gasteiger partial charge in [0, 0.05) is 25.4 Å². The molecule has 0 amide bonds. The molecule has 0 spiro atoms. The van der Waals surface area contributed by atoms with E-state index in [1.54, 1.807) is 27.7 Å². The minimum Gasteiger partial charge on any atom is -0.502 e. The number of aliphatic hydroxyl groups excluding tert-OH is 1. The lowest BCUT2D eigenvalue weighted by Crippen LogP contribution is -2.45. The molecule has 2 saturated heterocycles. The standard InChI is InChI=1S/C20H28O8/c1-9(2)18(23)27-13-7-20(4)17(22)15(21)16(28-20)10(3)6-12-14(13)11(8-25-5)19(24)26-12/h9-14,21H,6-8H2,1-5H3/t10-,11?,12+,13+,14?,20+/m0/s1. The summed E-state index contributed by atoms with van der Waals surface area (Å²) in [4.78, 5) is 37.6. The van der Waals surface area contributed by atoms with Gasteiger partial charge in [-0.1, -0.05) is 20.8 Å². The van der Waals surface area contributed by atoms with E-state index in [9.17, 15) is 19.5 Å². The number of ether oxygens (including phenoxy) is 4. The maximum Gasteiger partial charge on any atom is 0.312 e. The zero-order valence-corrected chi connectivity index (χ0v) is 16.9. The van der Waals surface area contributed by atoms with Crippen LogP contribution in [0.4, 0.5) is 0 Å². The Kier molecular flexibility index (Phi) is 5.44. The molecule has 28 heavy (non-hydrogen) atoms. The third-order valence-electron chi connectivity index (χ3n) is 5.87. The first kappa shape index (κ1) is 20.6. The van der Waals surface area contributed by atoms with Crippen LogP contribution in [0.2, 0.25) is 0 Å². The van der Waals surface area contributed by atoms with Crippen LogP contribution in [0.1, 0.15) is 40.5 Å². The van der Waals surface area contributed by atoms with E-state index in [0.29, 0.717) is 6.42 Å². The van der Waals surface area contributed by atoms with Crippen molar-refractivity contribution in [1.82, 2.24) is 0 Å². The minimum atomic E-state index is -1.37. The third-order valence-corrected chi connectivity index (χ3v) is 5.87. The molecule has 0 aromatic heterocycles. The molecule has 3 rings (SSSR count). The smallest absolute Gasteiger partial charge is 0.312 e. The highest BCUT2D eigenvalue weighted by Crippen LogP contribution is 2.46. The molecule has 8 nitrogen and oxygen atoms in total. The van der Waals surface area contributed by atoms with Gasteiger partial charge in [-0.2, -0.15) is 0 Å². The highest BCUT2D eigenvalue weighted by molar-refractivity contribution is 6.02. The fraction of sp³-hybridized carbons (Fsp3) is 0.750. The zero-order chi connectivity index (χ0) is 20.8. The lowest BCUT2D eigenvalue weighted by Gasteiger charge is -2.33. The number of carbonyl (C=O) groups is 3. The van der Waals surface area contributed by atoms with Crippen LogP contribution in [0.25, 0.3) is 0 Å². The molecule has 0 aliphatic carbocycles. The van der Waals surface area contributed by atoms with E-state index in [1.807, 2.05) is 0 Å². The molecule has 3 aliphatic rings. The van der Waals surface area contributed by atoms with Gasteiger partial charge in [-0.3, -0.25) is 14.4 Å². The van der Waals surface area contributed by atoms with Gasteiger partial charge in [-0.25, -0.2) is 0 Å². The topological polar surface area (TPSA) is 108 Å². The molecular formula is C20H28O8. The number of esters is 2. The normalized spacial score (nSPS) is 37.7. The van der Waals surface area contributed by atoms with E-state index in [2.05, 4.69) is 0 Å². The van der Waals surface area contributed by atoms with Gasteiger partial charge in [0.1, 0.15) is 18.0 Å². The van der Waals surface area contributed by atoms with Crippen molar-refractivity contribution >= 4 is 17.7 Å². The number of hydrogen-bond acceptors (Lipinski definition) is 8. The first-order valence-corrected chi connectivity index (χ1v) is 9.66. The van der Waals surface area contributed by atoms with Crippen molar-refractivity contribution < 1.29 is 38.4 Å². The molecule has 0 aromatic rings. The van der Waals surface area contributed by atoms with Crippen molar-refractivity contribution in [2.45, 2.75) is 58.3 Å². The quantitative estimate of drug-likeness (QED) is 0.718. The van der Waals surface area contributed by atoms with Gasteiger partial charge in [-0.05, 0) is 13.3 Å². The van der Waals surface area contributed by atoms with Crippen molar-refractivity contribution in [1.29, 1.82) is 0 Å². The summed E-state index contributed by atoms with van der Waals surface area (Å²) in [5, 5.41) is 10.3. The van der Waals surface area contributed by atoms with Gasteiger partial charge in [-0.15, -0.1) is 0 Å². The second-order valence-corrected chi connectivity index (χ2v) is 8.46. The predicted molar refractivity (Wildman–Crippen MR) is 96.0 cm³/mol. The van der Waals surface area contributed by atoms with E-state index >= 15 is 0 Å². The molecule has 0 aromatic carbocycles. The van der Waals surface area contributed by atoms with Crippen LogP contribution < -0.4 is 0 Å². The highest BCUT2D eigenvalue weighted by Gasteiger charge is 2.57. The zero-order valence-electron chi connectivity index (χ0n) is 16.9. The molecule has 156 valence electrons. The van der Waals surface area contributed by atoms with Crippen LogP contribution >= 0.6 is 0 Å². The first-order chi connectivity index (χ1) is 13.1. The van der Waals surface area contributed by atoms with Gasteiger partial charge in [0.05, 0.1) is 18.4 Å². The van der Waals surface area contributed by atoms with Crippen molar-refractivity contribution in [3.63, 3.8) is 0 Å². The molecular weight excluding hydrogens is 368 g/mol. The molecule has 2 unspecified atom stereocenters. The van der Waals surface area contributed by atoms with E-state index < -0.39 is 53.1 Å². The number of Topliss-reactive ketones (excluding diaryl/α,β-unsaturated/α-hetero) is 1. The monoisotopic (exact) mass is 396 g/mol. The Hall–Kier alpha value is -2.09. The molecule has 6 atom stereocenters. The van der Waals surface area contributed by atoms with Crippen LogP contribution in [0.3, 0.4) is 0 Å². The van der Waals surface area contributed by atoms with E-state index in [0.717, 1.165) is 0 Å². The molecule has 2 bridgehead atoms. The Labute approximate surface area is 164 Å². The van der Waals surface area contributed by atoms with Gasteiger partial charge >= 0.3 is 11.9 Å². The molecule has 8 heteroatoms. The highest BCUT2D eigenvalue weighted by atomic mass is 16.6. The van der Waals surface area contributed by atoms with E-state index in [-0.39, 0.29) is 30.6 Å². The fourth-order valence-electron chi connectivity index (χ4n) is 4.34. The lowest BCUT2D eigenvalue weighted by molar-refractivity contribution is -0.163. The van der Waals surface area contributed by atoms with Gasteiger partial charge in [0.25, 0.3) is 0 Å². The predicted octanol–water partition coefficient (Wildman–Crippen LogP) is 1.92. The molecule has 3 heterocycles. The van der Waals surface area contributed by atoms with Crippen LogP contribution in [0, 0.1) is 23.7 Å². The number of rotatable bonds is 4. The fourth-order valence-corrected chi connectivity index (χ4v) is 4.34. The van der Waals surface area contributed by atoms with E-state index in [1.165, 1.54) is 7.11 Å². The number of aliphatic hydroxyl groups is 1. The lowest BCUT2D eigenvalue weighted by atomic mass is 9.77. The Morgan fingerprint density at radius 2 is 2.04 bits per heavy atom. The van der Waals surface area contributed by atoms with Crippen LogP contribution in [0.5, 0.6) is 0 Å². The summed E-state index contributed by atoms with van der Waals surface area (Å²) in [6.45, 7) is 6.93. The van der Waals surface area contributed by atoms with Crippen molar-refractivity contribution in [2.75, 3.05) is 13.7 Å². The Balaban J connectivity index is 2.04. The first-order valence-electron chi connectivity index (χ1n) is 9.66. The molecule has 0 saturated carbocycles. The molecule has 2 fully saturated rings. The average molecular weight is 396 g/mol. The summed E-state index contributed by atoms with van der Waals surface area (Å²) in [6.07, 6.45) is -0.968. The molecule has 1 N–H and O–H groups in total. The Bertz CT molecular complexity index is 711. The van der Waals surface area contributed by atoms with Gasteiger partial charge in [0.15, 0.2) is 5.60 Å². The number of ketones is 1. The summed E-state index contributed by atoms with van der Waals surface area (Å²) in [7, 11) is 1.49. The number of fused-ring (bicyclic) bond motifs is 3. The van der Waals surface area contributed by atoms with E-state index in [4.69, 9.17) is 18.9 Å². The largest absolute Gasteiger partial charge is 0.502 e. The Morgan fingerprint density at radius 1 is 1.36 bits per heavy atom. The second kappa shape index (κ2) is 7.39. The molecule has 0 radical (unpaired) electrons. The van der Waals surface area contributed by atoms with Crippen LogP contribution in [-0.2, 0) is 33.3 Å².